The zero-order valence-corrected chi connectivity index (χ0v) is 26.5. The number of aryl methyl sites for hydroxylation is 2. The van der Waals surface area contributed by atoms with Gasteiger partial charge in [0, 0.05) is 25.8 Å². The van der Waals surface area contributed by atoms with E-state index in [2.05, 4.69) is 97.1 Å². The first-order chi connectivity index (χ1) is 20.0. The third-order valence-electron chi connectivity index (χ3n) is 7.25. The Labute approximate surface area is 262 Å². The van der Waals surface area contributed by atoms with E-state index in [1.54, 1.807) is 13.8 Å². The van der Waals surface area contributed by atoms with Crippen LogP contribution in [-0.2, 0) is 32.9 Å². The largest absolute Gasteiger partial charge is 0.393 e. The van der Waals surface area contributed by atoms with Gasteiger partial charge >= 0.3 is 0 Å². The van der Waals surface area contributed by atoms with Crippen LogP contribution in [0.1, 0.15) is 44.5 Å². The molecule has 0 amide bonds. The molecular formula is C37H37IrN2O2-. The second-order valence-electron chi connectivity index (χ2n) is 10.8. The minimum Gasteiger partial charge on any atom is -0.393 e. The first-order valence-corrected chi connectivity index (χ1v) is 14.5. The van der Waals surface area contributed by atoms with Gasteiger partial charge in [0.1, 0.15) is 0 Å². The number of hydrogen-bond donors (Lipinski definition) is 2. The topological polar surface area (TPSA) is 66.2 Å². The molecule has 5 heteroatoms. The van der Waals surface area contributed by atoms with Gasteiger partial charge in [0.2, 0.25) is 0 Å². The van der Waals surface area contributed by atoms with Crippen LogP contribution in [-0.4, -0.2) is 32.4 Å². The number of rotatable bonds is 6. The van der Waals surface area contributed by atoms with Crippen molar-refractivity contribution in [2.24, 2.45) is 0 Å². The van der Waals surface area contributed by atoms with Crippen molar-refractivity contribution in [3.05, 3.63) is 121 Å². The van der Waals surface area contributed by atoms with E-state index in [-0.39, 0.29) is 32.3 Å². The van der Waals surface area contributed by atoms with Gasteiger partial charge in [-0.3, -0.25) is 9.97 Å². The number of benzene rings is 4. The first kappa shape index (κ1) is 31.5. The van der Waals surface area contributed by atoms with Gasteiger partial charge in [-0.1, -0.05) is 96.1 Å². The Kier molecular flexibility index (Phi) is 11.3. The van der Waals surface area contributed by atoms with Crippen molar-refractivity contribution >= 4 is 0 Å². The van der Waals surface area contributed by atoms with E-state index in [4.69, 9.17) is 20.2 Å². The predicted octanol–water partition coefficient (Wildman–Crippen LogP) is 7.96. The molecule has 0 spiro atoms. The molecule has 4 nitrogen and oxygen atoms in total. The maximum Gasteiger partial charge on any atom is 0.0607 e. The van der Waals surface area contributed by atoms with Crippen LogP contribution in [0, 0.1) is 6.07 Å². The summed E-state index contributed by atoms with van der Waals surface area (Å²) in [6, 6.07) is 39.5. The van der Waals surface area contributed by atoms with Crippen LogP contribution in [0.25, 0.3) is 44.8 Å². The summed E-state index contributed by atoms with van der Waals surface area (Å²) in [4.78, 5) is 10.3. The Morgan fingerprint density at radius 1 is 0.595 bits per heavy atom. The average molecular weight is 734 g/mol. The van der Waals surface area contributed by atoms with E-state index in [0.717, 1.165) is 52.3 Å². The predicted molar refractivity (Wildman–Crippen MR) is 167 cm³/mol. The Hall–Kier alpha value is -3.47. The SMILES string of the molecule is CC(O)CC(C)O.[Ir].[c-]1cc(-c2ccccc2)ccc1-c1nc2c(nc1-c1ccc(-c3ccccc3)cc1)CCCC2. The third kappa shape index (κ3) is 8.08. The van der Waals surface area contributed by atoms with E-state index in [1.165, 1.54) is 29.5 Å². The maximum absolute atomic E-state index is 8.56. The van der Waals surface area contributed by atoms with E-state index < -0.39 is 0 Å². The van der Waals surface area contributed by atoms with Gasteiger partial charge in [0.05, 0.1) is 29.3 Å². The number of nitrogens with zero attached hydrogens (tertiary/aromatic N) is 2. The van der Waals surface area contributed by atoms with Gasteiger partial charge in [0.25, 0.3) is 0 Å². The second kappa shape index (κ2) is 15.1. The van der Waals surface area contributed by atoms with Gasteiger partial charge < -0.3 is 10.2 Å². The van der Waals surface area contributed by atoms with E-state index in [9.17, 15) is 0 Å². The molecule has 0 aliphatic heterocycles. The fraction of sp³-hybridized carbons (Fsp3) is 0.243. The van der Waals surface area contributed by atoms with Gasteiger partial charge in [-0.15, -0.1) is 29.8 Å². The Balaban J connectivity index is 0.000000454. The van der Waals surface area contributed by atoms with Crippen molar-refractivity contribution < 1.29 is 30.3 Å². The molecule has 217 valence electrons. The van der Waals surface area contributed by atoms with Crippen molar-refractivity contribution in [1.82, 2.24) is 9.97 Å². The fourth-order valence-electron chi connectivity index (χ4n) is 5.21. The normalized spacial score (nSPS) is 13.5. The van der Waals surface area contributed by atoms with Gasteiger partial charge in [0.15, 0.2) is 0 Å². The van der Waals surface area contributed by atoms with Crippen molar-refractivity contribution in [3.63, 3.8) is 0 Å². The summed E-state index contributed by atoms with van der Waals surface area (Å²) in [5.41, 5.74) is 11.0. The summed E-state index contributed by atoms with van der Waals surface area (Å²) in [6.07, 6.45) is 4.10. The van der Waals surface area contributed by atoms with Crippen molar-refractivity contribution in [3.8, 4) is 44.8 Å². The Morgan fingerprint density at radius 2 is 1.05 bits per heavy atom. The molecule has 0 saturated heterocycles. The molecule has 4 aromatic carbocycles. The first-order valence-electron chi connectivity index (χ1n) is 14.5. The molecule has 0 bridgehead atoms. The fourth-order valence-corrected chi connectivity index (χ4v) is 5.21. The number of aliphatic hydroxyl groups is 2. The zero-order chi connectivity index (χ0) is 28.6. The van der Waals surface area contributed by atoms with Gasteiger partial charge in [-0.05, 0) is 62.6 Å². The molecule has 0 fully saturated rings. The van der Waals surface area contributed by atoms with Crippen molar-refractivity contribution in [2.75, 3.05) is 0 Å². The van der Waals surface area contributed by atoms with E-state index >= 15 is 0 Å². The van der Waals surface area contributed by atoms with Crippen molar-refractivity contribution in [2.45, 2.75) is 58.2 Å². The number of hydrogen-bond acceptors (Lipinski definition) is 4. The van der Waals surface area contributed by atoms with Crippen LogP contribution in [0.4, 0.5) is 0 Å². The molecule has 2 unspecified atom stereocenters. The Morgan fingerprint density at radius 3 is 1.52 bits per heavy atom. The Bertz CT molecular complexity index is 1420. The van der Waals surface area contributed by atoms with Crippen LogP contribution in [0.5, 0.6) is 0 Å². The molecular weight excluding hydrogens is 697 g/mol. The molecule has 1 aromatic heterocycles. The van der Waals surface area contributed by atoms with E-state index in [0.29, 0.717) is 6.42 Å². The quantitative estimate of drug-likeness (QED) is 0.174. The smallest absolute Gasteiger partial charge is 0.0607 e. The summed E-state index contributed by atoms with van der Waals surface area (Å²) in [5, 5.41) is 17.1. The summed E-state index contributed by atoms with van der Waals surface area (Å²) >= 11 is 0. The summed E-state index contributed by atoms with van der Waals surface area (Å²) in [5.74, 6) is 0. The molecule has 0 saturated carbocycles. The van der Waals surface area contributed by atoms with Crippen LogP contribution in [0.2, 0.25) is 0 Å². The minimum atomic E-state index is -0.375. The van der Waals surface area contributed by atoms with Crippen LogP contribution in [0.3, 0.4) is 0 Å². The molecule has 42 heavy (non-hydrogen) atoms. The van der Waals surface area contributed by atoms with Crippen LogP contribution < -0.4 is 0 Å². The standard InChI is InChI=1S/C32H25N2.C5H12O2.Ir/c1-3-9-23(10-4-1)25-15-19-27(20-16-25)31-32(34-30-14-8-7-13-29(30)33-31)28-21-17-26(18-22-28)24-11-5-2-6-12-24;1-4(6)3-5(2)7;/h1-6,9-12,15-21H,7-8,13-14H2;4-7H,3H2,1-2H3;/q-1;;. The molecule has 2 atom stereocenters. The molecule has 1 aliphatic carbocycles. The molecule has 2 N–H and O–H groups in total. The number of fused-ring (bicyclic) bond motifs is 1. The maximum atomic E-state index is 8.56. The molecule has 1 radical (unpaired) electrons. The monoisotopic (exact) mass is 734 g/mol. The number of aliphatic hydroxyl groups excluding tert-OH is 2. The number of aromatic nitrogens is 2. The molecule has 1 aliphatic rings. The van der Waals surface area contributed by atoms with E-state index in [1.807, 2.05) is 12.1 Å². The summed E-state index contributed by atoms with van der Waals surface area (Å²) in [7, 11) is 0. The molecule has 1 heterocycles. The van der Waals surface area contributed by atoms with Crippen molar-refractivity contribution in [1.29, 1.82) is 0 Å². The summed E-state index contributed by atoms with van der Waals surface area (Å²) in [6.45, 7) is 3.32. The van der Waals surface area contributed by atoms with Gasteiger partial charge in [-0.2, -0.15) is 0 Å². The van der Waals surface area contributed by atoms with Crippen LogP contribution in [0.15, 0.2) is 103 Å². The van der Waals surface area contributed by atoms with Crippen LogP contribution >= 0.6 is 0 Å². The molecule has 6 rings (SSSR count). The minimum absolute atomic E-state index is 0. The second-order valence-corrected chi connectivity index (χ2v) is 10.8. The zero-order valence-electron chi connectivity index (χ0n) is 24.1. The average Bonchev–Trinajstić information content (AvgIpc) is 3.01. The van der Waals surface area contributed by atoms with Gasteiger partial charge in [-0.25, -0.2) is 0 Å². The molecule has 5 aromatic rings. The third-order valence-corrected chi connectivity index (χ3v) is 7.25. The summed E-state index contributed by atoms with van der Waals surface area (Å²) < 4.78 is 0.